The van der Waals surface area contributed by atoms with E-state index >= 15 is 0 Å². The molecule has 0 spiro atoms. The Kier molecular flexibility index (Phi) is 6.13. The van der Waals surface area contributed by atoms with Crippen LogP contribution in [0.5, 0.6) is 0 Å². The first-order chi connectivity index (χ1) is 13.3. The molecule has 0 N–H and O–H groups in total. The number of amides is 1. The summed E-state index contributed by atoms with van der Waals surface area (Å²) in [5.41, 5.74) is 2.73. The Hall–Kier alpha value is -1.81. The first kappa shape index (κ1) is 18.5. The van der Waals surface area contributed by atoms with Gasteiger partial charge in [0, 0.05) is 36.6 Å². The molecule has 27 heavy (non-hydrogen) atoms. The minimum Gasteiger partial charge on any atom is -0.343 e. The van der Waals surface area contributed by atoms with Gasteiger partial charge in [-0.15, -0.1) is 0 Å². The number of hydrogen-bond acceptors (Lipinski definition) is 2. The van der Waals surface area contributed by atoms with Gasteiger partial charge in [-0.1, -0.05) is 24.6 Å². The molecule has 146 valence electrons. The minimum atomic E-state index is 0.353. The molecule has 4 rings (SSSR count). The second-order valence-corrected chi connectivity index (χ2v) is 8.26. The molecule has 3 heterocycles. The van der Waals surface area contributed by atoms with Crippen molar-refractivity contribution in [2.75, 3.05) is 26.2 Å². The van der Waals surface area contributed by atoms with Crippen LogP contribution in [0, 0.1) is 0 Å². The second-order valence-electron chi connectivity index (χ2n) is 8.26. The fourth-order valence-corrected chi connectivity index (χ4v) is 4.69. The number of carbonyl (C=O) groups is 1. The Morgan fingerprint density at radius 3 is 2.37 bits per heavy atom. The van der Waals surface area contributed by atoms with Gasteiger partial charge in [0.25, 0.3) is 0 Å². The largest absolute Gasteiger partial charge is 0.343 e. The molecule has 2 saturated heterocycles. The first-order valence-corrected chi connectivity index (χ1v) is 10.9. The van der Waals surface area contributed by atoms with Crippen molar-refractivity contribution in [3.63, 3.8) is 0 Å². The number of likely N-dealkylation sites (tertiary alicyclic amines) is 2. The predicted octanol–water partition coefficient (Wildman–Crippen LogP) is 4.42. The fourth-order valence-electron chi connectivity index (χ4n) is 4.69. The topological polar surface area (TPSA) is 28.5 Å². The number of hydrogen-bond donors (Lipinski definition) is 0. The normalized spacial score (nSPS) is 18.9. The Labute approximate surface area is 163 Å². The summed E-state index contributed by atoms with van der Waals surface area (Å²) in [5.74, 6) is 0.353. The zero-order valence-electron chi connectivity index (χ0n) is 16.5. The van der Waals surface area contributed by atoms with Crippen molar-refractivity contribution in [2.24, 2.45) is 0 Å². The van der Waals surface area contributed by atoms with Crippen LogP contribution in [-0.2, 0) is 17.9 Å². The average Bonchev–Trinajstić information content (AvgIpc) is 3.07. The summed E-state index contributed by atoms with van der Waals surface area (Å²) < 4.78 is 2.42. The van der Waals surface area contributed by atoms with Crippen molar-refractivity contribution < 1.29 is 4.79 Å². The summed E-state index contributed by atoms with van der Waals surface area (Å²) in [4.78, 5) is 17.1. The molecular weight excluding hydrogens is 334 g/mol. The highest BCUT2D eigenvalue weighted by Gasteiger charge is 2.17. The van der Waals surface area contributed by atoms with Crippen LogP contribution in [0.25, 0.3) is 10.9 Å². The lowest BCUT2D eigenvalue weighted by molar-refractivity contribution is -0.132. The zero-order chi connectivity index (χ0) is 18.5. The van der Waals surface area contributed by atoms with Crippen molar-refractivity contribution in [1.29, 1.82) is 0 Å². The molecule has 4 heteroatoms. The molecule has 0 saturated carbocycles. The lowest BCUT2D eigenvalue weighted by atomic mass is 10.1. The maximum atomic E-state index is 12.4. The lowest BCUT2D eigenvalue weighted by Gasteiger charge is -2.27. The second kappa shape index (κ2) is 8.92. The van der Waals surface area contributed by atoms with Gasteiger partial charge in [0.1, 0.15) is 0 Å². The van der Waals surface area contributed by atoms with Crippen molar-refractivity contribution in [2.45, 2.75) is 64.5 Å². The van der Waals surface area contributed by atoms with Crippen LogP contribution < -0.4 is 0 Å². The molecule has 2 aliphatic rings. The maximum Gasteiger partial charge on any atom is 0.222 e. The predicted molar refractivity (Wildman–Crippen MR) is 111 cm³/mol. The third-order valence-corrected chi connectivity index (χ3v) is 6.22. The third-order valence-electron chi connectivity index (χ3n) is 6.22. The van der Waals surface area contributed by atoms with E-state index in [1.165, 1.54) is 68.1 Å². The number of fused-ring (bicyclic) bond motifs is 1. The van der Waals surface area contributed by atoms with Crippen LogP contribution in [0.2, 0.25) is 0 Å². The molecule has 4 nitrogen and oxygen atoms in total. The van der Waals surface area contributed by atoms with Crippen molar-refractivity contribution in [1.82, 2.24) is 14.4 Å². The van der Waals surface area contributed by atoms with Crippen LogP contribution in [-0.4, -0.2) is 46.5 Å². The fraction of sp³-hybridized carbons (Fsp3) is 0.609. The highest BCUT2D eigenvalue weighted by Crippen LogP contribution is 2.24. The summed E-state index contributed by atoms with van der Waals surface area (Å²) in [6.07, 6.45) is 12.6. The number of aryl methyl sites for hydroxylation is 1. The SMILES string of the molecule is O=C(CCCc1cn(CN2CCCCC2)c2ccccc12)N1CCCCC1. The van der Waals surface area contributed by atoms with Crippen LogP contribution in [0.4, 0.5) is 0 Å². The Bertz CT molecular complexity index is 754. The minimum absolute atomic E-state index is 0.353. The van der Waals surface area contributed by atoms with E-state index in [1.54, 1.807) is 0 Å². The molecule has 0 atom stereocenters. The van der Waals surface area contributed by atoms with E-state index < -0.39 is 0 Å². The van der Waals surface area contributed by atoms with Crippen LogP contribution in [0.1, 0.15) is 56.9 Å². The molecule has 1 amide bonds. The number of aromatic nitrogens is 1. The number of benzene rings is 1. The average molecular weight is 368 g/mol. The molecule has 1 aromatic heterocycles. The quantitative estimate of drug-likeness (QED) is 0.756. The summed E-state index contributed by atoms with van der Waals surface area (Å²) in [5, 5.41) is 1.36. The highest BCUT2D eigenvalue weighted by molar-refractivity contribution is 5.84. The van der Waals surface area contributed by atoms with Gasteiger partial charge in [0.15, 0.2) is 0 Å². The molecule has 0 radical (unpaired) electrons. The van der Waals surface area contributed by atoms with Crippen LogP contribution >= 0.6 is 0 Å². The Morgan fingerprint density at radius 2 is 1.59 bits per heavy atom. The van der Waals surface area contributed by atoms with E-state index in [9.17, 15) is 4.79 Å². The molecule has 0 unspecified atom stereocenters. The van der Waals surface area contributed by atoms with Gasteiger partial charge in [-0.25, -0.2) is 0 Å². The molecule has 1 aromatic carbocycles. The monoisotopic (exact) mass is 367 g/mol. The van der Waals surface area contributed by atoms with Crippen molar-refractivity contribution in [3.8, 4) is 0 Å². The van der Waals surface area contributed by atoms with Crippen LogP contribution in [0.15, 0.2) is 30.5 Å². The summed E-state index contributed by atoms with van der Waals surface area (Å²) in [7, 11) is 0. The summed E-state index contributed by atoms with van der Waals surface area (Å²) >= 11 is 0. The van der Waals surface area contributed by atoms with E-state index in [2.05, 4.69) is 44.8 Å². The van der Waals surface area contributed by atoms with Gasteiger partial charge in [0.2, 0.25) is 5.91 Å². The number of nitrogens with zero attached hydrogens (tertiary/aromatic N) is 3. The summed E-state index contributed by atoms with van der Waals surface area (Å²) in [6.45, 7) is 5.35. The first-order valence-electron chi connectivity index (χ1n) is 10.9. The standard InChI is InChI=1S/C23H33N3O/c27-23(25-16-7-2-8-17-25)13-9-10-20-18-26(19-24-14-5-1-6-15-24)22-12-4-3-11-21(20)22/h3-4,11-12,18H,1-2,5-10,13-17,19H2. The maximum absolute atomic E-state index is 12.4. The molecular formula is C23H33N3O. The number of carbonyl (C=O) groups excluding carboxylic acids is 1. The Balaban J connectivity index is 1.39. The van der Waals surface area contributed by atoms with Gasteiger partial charge < -0.3 is 9.47 Å². The van der Waals surface area contributed by atoms with Gasteiger partial charge >= 0.3 is 0 Å². The molecule has 2 fully saturated rings. The van der Waals surface area contributed by atoms with Gasteiger partial charge in [0.05, 0.1) is 6.67 Å². The number of para-hydroxylation sites is 1. The van der Waals surface area contributed by atoms with E-state index in [0.717, 1.165) is 32.6 Å². The van der Waals surface area contributed by atoms with Crippen LogP contribution in [0.3, 0.4) is 0 Å². The molecule has 0 bridgehead atoms. The van der Waals surface area contributed by atoms with Gasteiger partial charge in [-0.3, -0.25) is 9.69 Å². The molecule has 2 aromatic rings. The lowest BCUT2D eigenvalue weighted by Crippen LogP contribution is -2.35. The highest BCUT2D eigenvalue weighted by atomic mass is 16.2. The van der Waals surface area contributed by atoms with Gasteiger partial charge in [-0.05, 0) is 69.7 Å². The van der Waals surface area contributed by atoms with Crippen molar-refractivity contribution >= 4 is 16.8 Å². The number of rotatable bonds is 6. The van der Waals surface area contributed by atoms with E-state index in [-0.39, 0.29) is 0 Å². The Morgan fingerprint density at radius 1 is 0.889 bits per heavy atom. The smallest absolute Gasteiger partial charge is 0.222 e. The molecule has 2 aliphatic heterocycles. The number of piperidine rings is 2. The zero-order valence-corrected chi connectivity index (χ0v) is 16.5. The van der Waals surface area contributed by atoms with E-state index in [0.29, 0.717) is 12.3 Å². The van der Waals surface area contributed by atoms with E-state index in [4.69, 9.17) is 0 Å². The third kappa shape index (κ3) is 4.55. The van der Waals surface area contributed by atoms with Crippen molar-refractivity contribution in [3.05, 3.63) is 36.0 Å². The summed E-state index contributed by atoms with van der Waals surface area (Å²) in [6, 6.07) is 8.75. The van der Waals surface area contributed by atoms with Gasteiger partial charge in [-0.2, -0.15) is 0 Å². The van der Waals surface area contributed by atoms with E-state index in [1.807, 2.05) is 0 Å². The molecule has 0 aliphatic carbocycles.